The predicted molar refractivity (Wildman–Crippen MR) is 79.1 cm³/mol. The number of Topliss-reactive ketones (excluding diaryl/α,β-unsaturated/α-hetero) is 1. The summed E-state index contributed by atoms with van der Waals surface area (Å²) in [5.41, 5.74) is 3.24. The van der Waals surface area contributed by atoms with Gasteiger partial charge in [-0.2, -0.15) is 0 Å². The molecule has 0 fully saturated rings. The van der Waals surface area contributed by atoms with Gasteiger partial charge in [-0.25, -0.2) is 0 Å². The normalized spacial score (nSPS) is 16.6. The molecule has 0 radical (unpaired) electrons. The van der Waals surface area contributed by atoms with Gasteiger partial charge in [0.15, 0.2) is 17.3 Å². The first-order valence-electron chi connectivity index (χ1n) is 7.32. The second-order valence-electron chi connectivity index (χ2n) is 5.57. The molecule has 4 rings (SSSR count). The number of fused-ring (bicyclic) bond motifs is 2. The first-order valence-corrected chi connectivity index (χ1v) is 7.32. The summed E-state index contributed by atoms with van der Waals surface area (Å²) in [6.45, 7) is 1.04. The first kappa shape index (κ1) is 12.5. The summed E-state index contributed by atoms with van der Waals surface area (Å²) in [5, 5.41) is 0. The van der Waals surface area contributed by atoms with E-state index in [1.807, 2.05) is 30.3 Å². The van der Waals surface area contributed by atoms with E-state index in [1.165, 1.54) is 11.1 Å². The van der Waals surface area contributed by atoms with Gasteiger partial charge in [-0.15, -0.1) is 0 Å². The molecule has 21 heavy (non-hydrogen) atoms. The largest absolute Gasteiger partial charge is 0.486 e. The fraction of sp³-hybridized carbons (Fsp3) is 0.278. The van der Waals surface area contributed by atoms with Crippen molar-refractivity contribution in [3.8, 4) is 11.5 Å². The average Bonchev–Trinajstić information content (AvgIpc) is 2.97. The molecular weight excluding hydrogens is 264 g/mol. The Morgan fingerprint density at radius 2 is 1.62 bits per heavy atom. The first-order chi connectivity index (χ1) is 10.3. The standard InChI is InChI=1S/C18H16O3/c19-17(14-10-12-4-1-2-5-13(12)11-14)15-6-3-7-16-18(15)21-9-8-20-16/h1-7,14H,8-11H2. The van der Waals surface area contributed by atoms with Gasteiger partial charge >= 0.3 is 0 Å². The average molecular weight is 280 g/mol. The molecule has 2 aromatic rings. The Bertz CT molecular complexity index is 680. The van der Waals surface area contributed by atoms with E-state index < -0.39 is 0 Å². The second-order valence-corrected chi connectivity index (χ2v) is 5.57. The molecule has 0 N–H and O–H groups in total. The summed E-state index contributed by atoms with van der Waals surface area (Å²) in [6.07, 6.45) is 1.64. The van der Waals surface area contributed by atoms with Crippen molar-refractivity contribution < 1.29 is 14.3 Å². The maximum atomic E-state index is 12.9. The lowest BCUT2D eigenvalue weighted by Gasteiger charge is -2.21. The van der Waals surface area contributed by atoms with Crippen molar-refractivity contribution in [1.29, 1.82) is 0 Å². The van der Waals surface area contributed by atoms with Crippen LogP contribution >= 0.6 is 0 Å². The van der Waals surface area contributed by atoms with E-state index in [1.54, 1.807) is 0 Å². The minimum atomic E-state index is 0.0134. The van der Waals surface area contributed by atoms with Crippen molar-refractivity contribution in [3.63, 3.8) is 0 Å². The predicted octanol–water partition coefficient (Wildman–Crippen LogP) is 3.06. The molecule has 0 saturated carbocycles. The molecule has 2 aromatic carbocycles. The summed E-state index contributed by atoms with van der Waals surface area (Å²) in [5.74, 6) is 1.47. The molecule has 2 aliphatic rings. The molecule has 0 amide bonds. The van der Waals surface area contributed by atoms with E-state index in [0.717, 1.165) is 12.8 Å². The maximum absolute atomic E-state index is 12.9. The lowest BCUT2D eigenvalue weighted by molar-refractivity contribution is 0.0913. The van der Waals surface area contributed by atoms with Crippen LogP contribution in [-0.2, 0) is 12.8 Å². The molecule has 3 heteroatoms. The van der Waals surface area contributed by atoms with E-state index in [-0.39, 0.29) is 11.7 Å². The second kappa shape index (κ2) is 4.92. The molecule has 0 atom stereocenters. The molecule has 0 spiro atoms. The third-order valence-electron chi connectivity index (χ3n) is 4.25. The molecular formula is C18H16O3. The zero-order chi connectivity index (χ0) is 14.2. The van der Waals surface area contributed by atoms with Crippen molar-refractivity contribution in [2.75, 3.05) is 13.2 Å². The number of carbonyl (C=O) groups excluding carboxylic acids is 1. The molecule has 3 nitrogen and oxygen atoms in total. The van der Waals surface area contributed by atoms with Gasteiger partial charge in [0.25, 0.3) is 0 Å². The fourth-order valence-electron chi connectivity index (χ4n) is 3.23. The third-order valence-corrected chi connectivity index (χ3v) is 4.25. The summed E-state index contributed by atoms with van der Waals surface area (Å²) in [6, 6.07) is 13.9. The van der Waals surface area contributed by atoms with Crippen LogP contribution in [0.1, 0.15) is 21.5 Å². The Labute approximate surface area is 123 Å². The highest BCUT2D eigenvalue weighted by Gasteiger charge is 2.31. The van der Waals surface area contributed by atoms with Crippen molar-refractivity contribution in [2.24, 2.45) is 5.92 Å². The zero-order valence-electron chi connectivity index (χ0n) is 11.7. The maximum Gasteiger partial charge on any atom is 0.172 e. The van der Waals surface area contributed by atoms with Gasteiger partial charge in [0, 0.05) is 5.92 Å². The number of carbonyl (C=O) groups is 1. The summed E-state index contributed by atoms with van der Waals surface area (Å²) >= 11 is 0. The summed E-state index contributed by atoms with van der Waals surface area (Å²) in [4.78, 5) is 12.9. The van der Waals surface area contributed by atoms with Crippen LogP contribution in [0.4, 0.5) is 0 Å². The zero-order valence-corrected chi connectivity index (χ0v) is 11.7. The molecule has 0 aromatic heterocycles. The number of hydrogen-bond acceptors (Lipinski definition) is 3. The molecule has 1 heterocycles. The van der Waals surface area contributed by atoms with Gasteiger partial charge < -0.3 is 9.47 Å². The molecule has 106 valence electrons. The van der Waals surface area contributed by atoms with E-state index in [9.17, 15) is 4.79 Å². The van der Waals surface area contributed by atoms with Crippen LogP contribution in [0.3, 0.4) is 0 Å². The summed E-state index contributed by atoms with van der Waals surface area (Å²) in [7, 11) is 0. The summed E-state index contributed by atoms with van der Waals surface area (Å²) < 4.78 is 11.2. The fourth-order valence-corrected chi connectivity index (χ4v) is 3.23. The van der Waals surface area contributed by atoms with Crippen LogP contribution in [0.15, 0.2) is 42.5 Å². The Hall–Kier alpha value is -2.29. The molecule has 0 bridgehead atoms. The number of hydrogen-bond donors (Lipinski definition) is 0. The number of ketones is 1. The lowest BCUT2D eigenvalue weighted by Crippen LogP contribution is -2.21. The van der Waals surface area contributed by atoms with E-state index in [0.29, 0.717) is 30.3 Å². The number of rotatable bonds is 2. The van der Waals surface area contributed by atoms with Crippen LogP contribution in [0.25, 0.3) is 0 Å². The van der Waals surface area contributed by atoms with Crippen LogP contribution in [-0.4, -0.2) is 19.0 Å². The topological polar surface area (TPSA) is 35.5 Å². The van der Waals surface area contributed by atoms with Gasteiger partial charge in [0.2, 0.25) is 0 Å². The Kier molecular flexibility index (Phi) is 2.92. The number of para-hydroxylation sites is 1. The minimum absolute atomic E-state index is 0.0134. The minimum Gasteiger partial charge on any atom is -0.486 e. The van der Waals surface area contributed by atoms with E-state index in [2.05, 4.69) is 12.1 Å². The van der Waals surface area contributed by atoms with Gasteiger partial charge in [0.05, 0.1) is 5.56 Å². The number of ether oxygens (including phenoxy) is 2. The van der Waals surface area contributed by atoms with Gasteiger partial charge in [-0.3, -0.25) is 4.79 Å². The quantitative estimate of drug-likeness (QED) is 0.793. The molecule has 0 unspecified atom stereocenters. The highest BCUT2D eigenvalue weighted by atomic mass is 16.6. The molecule has 1 aliphatic carbocycles. The van der Waals surface area contributed by atoms with E-state index >= 15 is 0 Å². The monoisotopic (exact) mass is 280 g/mol. The van der Waals surface area contributed by atoms with Crippen LogP contribution in [0.5, 0.6) is 11.5 Å². The van der Waals surface area contributed by atoms with E-state index in [4.69, 9.17) is 9.47 Å². The third kappa shape index (κ3) is 2.09. The highest BCUT2D eigenvalue weighted by Crippen LogP contribution is 2.37. The van der Waals surface area contributed by atoms with Crippen molar-refractivity contribution >= 4 is 5.78 Å². The van der Waals surface area contributed by atoms with Crippen LogP contribution in [0.2, 0.25) is 0 Å². The van der Waals surface area contributed by atoms with Crippen molar-refractivity contribution in [3.05, 3.63) is 59.2 Å². The van der Waals surface area contributed by atoms with Gasteiger partial charge in [-0.1, -0.05) is 30.3 Å². The Morgan fingerprint density at radius 3 is 2.38 bits per heavy atom. The Morgan fingerprint density at radius 1 is 0.905 bits per heavy atom. The van der Waals surface area contributed by atoms with Crippen molar-refractivity contribution in [1.82, 2.24) is 0 Å². The van der Waals surface area contributed by atoms with Gasteiger partial charge in [0.1, 0.15) is 13.2 Å². The molecule has 0 saturated heterocycles. The van der Waals surface area contributed by atoms with Gasteiger partial charge in [-0.05, 0) is 36.1 Å². The number of benzene rings is 2. The van der Waals surface area contributed by atoms with Crippen LogP contribution in [0, 0.1) is 5.92 Å². The molecule has 1 aliphatic heterocycles. The lowest BCUT2D eigenvalue weighted by atomic mass is 9.94. The van der Waals surface area contributed by atoms with Crippen LogP contribution < -0.4 is 9.47 Å². The smallest absolute Gasteiger partial charge is 0.172 e. The highest BCUT2D eigenvalue weighted by molar-refractivity contribution is 6.01. The van der Waals surface area contributed by atoms with Crippen molar-refractivity contribution in [2.45, 2.75) is 12.8 Å². The SMILES string of the molecule is O=C(c1cccc2c1OCCO2)C1Cc2ccccc2C1. The Balaban J connectivity index is 1.65.